The molecule has 5 heteroatoms. The fraction of sp³-hybridized carbons (Fsp3) is 0.400. The number of anilines is 1. The molecule has 1 heterocycles. The van der Waals surface area contributed by atoms with Crippen LogP contribution >= 0.6 is 0 Å². The Hall–Kier alpha value is -2.63. The van der Waals surface area contributed by atoms with Gasteiger partial charge in [0.05, 0.1) is 11.3 Å². The fourth-order valence-electron chi connectivity index (χ4n) is 4.99. The first kappa shape index (κ1) is 20.6. The van der Waals surface area contributed by atoms with E-state index in [1.165, 1.54) is 38.4 Å². The highest BCUT2D eigenvalue weighted by Crippen LogP contribution is 2.48. The van der Waals surface area contributed by atoms with Crippen LogP contribution in [0.4, 0.5) is 5.69 Å². The topological polar surface area (TPSA) is 78.8 Å². The van der Waals surface area contributed by atoms with E-state index in [0.717, 1.165) is 6.42 Å². The number of benzene rings is 2. The van der Waals surface area contributed by atoms with E-state index in [1.807, 2.05) is 12.1 Å². The van der Waals surface area contributed by atoms with Crippen LogP contribution in [0.15, 0.2) is 48.0 Å². The fourth-order valence-corrected chi connectivity index (χ4v) is 4.99. The van der Waals surface area contributed by atoms with Crippen molar-refractivity contribution in [2.45, 2.75) is 50.7 Å². The smallest absolute Gasteiger partial charge is 0.257 e. The molecule has 0 aromatic heterocycles. The number of rotatable bonds is 5. The predicted molar refractivity (Wildman–Crippen MR) is 117 cm³/mol. The molecule has 1 aliphatic carbocycles. The number of phenols is 1. The summed E-state index contributed by atoms with van der Waals surface area (Å²) in [6.45, 7) is 2.08. The van der Waals surface area contributed by atoms with Gasteiger partial charge in [-0.15, -0.1) is 0 Å². The molecule has 0 radical (unpaired) electrons. The largest absolute Gasteiger partial charge is 0.507 e. The molecular weight excluding hydrogens is 378 g/mol. The Labute approximate surface area is 177 Å². The summed E-state index contributed by atoms with van der Waals surface area (Å²) in [7, 11) is 1.38. The highest BCUT2D eigenvalue weighted by Gasteiger charge is 2.51. The van der Waals surface area contributed by atoms with E-state index in [1.54, 1.807) is 36.4 Å². The third kappa shape index (κ3) is 3.53. The Morgan fingerprint density at radius 1 is 1.20 bits per heavy atom. The van der Waals surface area contributed by atoms with Crippen LogP contribution in [0.5, 0.6) is 5.75 Å². The van der Waals surface area contributed by atoms with Crippen molar-refractivity contribution in [3.63, 3.8) is 0 Å². The van der Waals surface area contributed by atoms with Crippen molar-refractivity contribution in [1.82, 2.24) is 0 Å². The maximum atomic E-state index is 12.7. The van der Waals surface area contributed by atoms with Crippen molar-refractivity contribution in [2.75, 3.05) is 12.4 Å². The zero-order chi connectivity index (χ0) is 21.3. The number of aliphatic hydroxyl groups is 1. The number of methoxy groups -OCH3 is 1. The molecule has 158 valence electrons. The molecule has 2 unspecified atom stereocenters. The van der Waals surface area contributed by atoms with E-state index in [2.05, 4.69) is 12.2 Å². The van der Waals surface area contributed by atoms with Crippen LogP contribution in [0.2, 0.25) is 0 Å². The van der Waals surface area contributed by atoms with Crippen LogP contribution in [-0.4, -0.2) is 29.3 Å². The number of hydrogen-bond donors (Lipinski definition) is 3. The van der Waals surface area contributed by atoms with Crippen LogP contribution in [0.3, 0.4) is 0 Å². The summed E-state index contributed by atoms with van der Waals surface area (Å²) < 4.78 is 5.41. The summed E-state index contributed by atoms with van der Waals surface area (Å²) in [5.74, 6) is 0.225. The summed E-state index contributed by atoms with van der Waals surface area (Å²) in [4.78, 5) is 12.7. The molecule has 1 fully saturated rings. The minimum Gasteiger partial charge on any atom is -0.507 e. The van der Waals surface area contributed by atoms with Gasteiger partial charge in [0.1, 0.15) is 5.75 Å². The molecule has 3 N–H and O–H groups in total. The van der Waals surface area contributed by atoms with Crippen molar-refractivity contribution in [3.8, 4) is 5.75 Å². The minimum absolute atomic E-state index is 0.0355. The highest BCUT2D eigenvalue weighted by atomic mass is 16.5. The van der Waals surface area contributed by atoms with Crippen LogP contribution in [0, 0.1) is 5.92 Å². The van der Waals surface area contributed by atoms with Gasteiger partial charge in [-0.3, -0.25) is 4.79 Å². The quantitative estimate of drug-likeness (QED) is 0.678. The van der Waals surface area contributed by atoms with Crippen molar-refractivity contribution < 1.29 is 19.7 Å². The monoisotopic (exact) mass is 407 g/mol. The molecule has 2 aromatic rings. The van der Waals surface area contributed by atoms with Gasteiger partial charge in [0.2, 0.25) is 0 Å². The van der Waals surface area contributed by atoms with E-state index in [0.29, 0.717) is 22.7 Å². The number of nitrogens with one attached hydrogen (secondary N) is 1. The third-order valence-corrected chi connectivity index (χ3v) is 6.40. The van der Waals surface area contributed by atoms with Gasteiger partial charge < -0.3 is 20.3 Å². The van der Waals surface area contributed by atoms with Gasteiger partial charge in [0.25, 0.3) is 5.91 Å². The first-order valence-corrected chi connectivity index (χ1v) is 10.6. The first-order chi connectivity index (χ1) is 14.4. The van der Waals surface area contributed by atoms with E-state index in [4.69, 9.17) is 4.74 Å². The van der Waals surface area contributed by atoms with Crippen LogP contribution in [-0.2, 0) is 15.1 Å². The average Bonchev–Trinajstić information content (AvgIpc) is 3.23. The molecule has 2 aromatic carbocycles. The van der Waals surface area contributed by atoms with Gasteiger partial charge in [-0.2, -0.15) is 0 Å². The summed E-state index contributed by atoms with van der Waals surface area (Å²) in [5.41, 5.74) is 1.17. The first-order valence-electron chi connectivity index (χ1n) is 10.6. The molecule has 1 saturated carbocycles. The summed E-state index contributed by atoms with van der Waals surface area (Å²) in [5, 5.41) is 25.8. The van der Waals surface area contributed by atoms with E-state index in [9.17, 15) is 15.0 Å². The van der Waals surface area contributed by atoms with E-state index in [-0.39, 0.29) is 11.3 Å². The van der Waals surface area contributed by atoms with Gasteiger partial charge >= 0.3 is 0 Å². The lowest BCUT2D eigenvalue weighted by atomic mass is 9.76. The minimum atomic E-state index is -1.80. The molecule has 30 heavy (non-hydrogen) atoms. The second-order valence-corrected chi connectivity index (χ2v) is 8.51. The van der Waals surface area contributed by atoms with Crippen molar-refractivity contribution in [3.05, 3.63) is 64.7 Å². The number of hydrogen-bond acceptors (Lipinski definition) is 4. The molecule has 2 aliphatic rings. The number of phenolic OH excluding ortho intramolecular Hbond substituents is 1. The number of allylic oxidation sites excluding steroid dienone is 1. The molecule has 0 spiro atoms. The number of carbonyl (C=O) groups is 1. The van der Waals surface area contributed by atoms with Crippen molar-refractivity contribution in [2.24, 2.45) is 5.92 Å². The molecule has 0 bridgehead atoms. The molecule has 1 amide bonds. The Morgan fingerprint density at radius 2 is 1.90 bits per heavy atom. The number of carbonyl (C=O) groups excluding carboxylic acids is 1. The van der Waals surface area contributed by atoms with Gasteiger partial charge in [0, 0.05) is 12.7 Å². The van der Waals surface area contributed by atoms with Gasteiger partial charge in [-0.25, -0.2) is 0 Å². The zero-order valence-electron chi connectivity index (χ0n) is 17.5. The lowest BCUT2D eigenvalue weighted by Gasteiger charge is -2.40. The maximum Gasteiger partial charge on any atom is 0.257 e. The lowest BCUT2D eigenvalue weighted by Crippen LogP contribution is -2.52. The molecule has 2 atom stereocenters. The number of amides is 1. The second-order valence-electron chi connectivity index (χ2n) is 8.51. The van der Waals surface area contributed by atoms with E-state index < -0.39 is 17.6 Å². The zero-order valence-corrected chi connectivity index (χ0v) is 17.5. The Morgan fingerprint density at radius 3 is 2.57 bits per heavy atom. The normalized spacial score (nSPS) is 24.6. The van der Waals surface area contributed by atoms with Crippen molar-refractivity contribution in [1.29, 1.82) is 0 Å². The van der Waals surface area contributed by atoms with Gasteiger partial charge in [-0.05, 0) is 37.0 Å². The Kier molecular flexibility index (Phi) is 5.67. The molecule has 0 saturated heterocycles. The van der Waals surface area contributed by atoms with Gasteiger partial charge in [0.15, 0.2) is 11.7 Å². The van der Waals surface area contributed by atoms with Crippen LogP contribution < -0.4 is 5.32 Å². The maximum absolute atomic E-state index is 12.7. The molecular formula is C25H29NO4. The van der Waals surface area contributed by atoms with E-state index >= 15 is 0 Å². The average molecular weight is 408 g/mol. The molecule has 1 aliphatic heterocycles. The number of ether oxygens (including phenoxy) is 1. The second kappa shape index (κ2) is 8.25. The van der Waals surface area contributed by atoms with Crippen molar-refractivity contribution >= 4 is 17.7 Å². The SMILES string of the molecule is COC1C(=O)Nc2ccc(/C=C(\C)CC3CCCC3)c(O)c2C1(O)c1ccccc1. The molecule has 4 rings (SSSR count). The Balaban J connectivity index is 1.81. The van der Waals surface area contributed by atoms with Crippen LogP contribution in [0.1, 0.15) is 55.7 Å². The number of fused-ring (bicyclic) bond motifs is 1. The highest BCUT2D eigenvalue weighted by molar-refractivity contribution is 6.00. The Bertz CT molecular complexity index is 963. The summed E-state index contributed by atoms with van der Waals surface area (Å²) in [6, 6.07) is 12.4. The standard InChI is InChI=1S/C25H29NO4/c1-16(14-17-8-6-7-9-17)15-18-12-13-20-21(22(18)27)25(29,19-10-4-3-5-11-19)23(30-2)24(28)26-20/h3-5,10-13,15,17,23,27,29H,6-9,14H2,1-2H3,(H,26,28)/b16-15+. The van der Waals surface area contributed by atoms with Crippen LogP contribution in [0.25, 0.3) is 6.08 Å². The number of aromatic hydroxyl groups is 1. The molecule has 5 nitrogen and oxygen atoms in total. The predicted octanol–water partition coefficient (Wildman–Crippen LogP) is 4.58. The third-order valence-electron chi connectivity index (χ3n) is 6.40. The summed E-state index contributed by atoms with van der Waals surface area (Å²) in [6.07, 6.45) is 6.92. The van der Waals surface area contributed by atoms with Gasteiger partial charge in [-0.1, -0.05) is 67.7 Å². The summed E-state index contributed by atoms with van der Waals surface area (Å²) >= 11 is 0. The lowest BCUT2D eigenvalue weighted by molar-refractivity contribution is -0.142.